The van der Waals surface area contributed by atoms with Crippen molar-refractivity contribution in [2.24, 2.45) is 11.7 Å². The van der Waals surface area contributed by atoms with Crippen molar-refractivity contribution in [3.8, 4) is 0 Å². The number of carbonyl (C=O) groups excluding carboxylic acids is 2. The van der Waals surface area contributed by atoms with Crippen molar-refractivity contribution in [3.63, 3.8) is 0 Å². The van der Waals surface area contributed by atoms with Crippen LogP contribution in [0.25, 0.3) is 0 Å². The van der Waals surface area contributed by atoms with E-state index in [1.54, 1.807) is 19.1 Å². The predicted molar refractivity (Wildman–Crippen MR) is 152 cm³/mol. The van der Waals surface area contributed by atoms with E-state index in [1.807, 2.05) is 65.6 Å². The van der Waals surface area contributed by atoms with Gasteiger partial charge >= 0.3 is 0 Å². The first-order valence-corrected chi connectivity index (χ1v) is 14.9. The molecule has 4 rings (SSSR count). The van der Waals surface area contributed by atoms with Crippen molar-refractivity contribution in [1.29, 1.82) is 0 Å². The van der Waals surface area contributed by atoms with Gasteiger partial charge in [0.15, 0.2) is 0 Å². The summed E-state index contributed by atoms with van der Waals surface area (Å²) in [5, 5.41) is 2.83. The van der Waals surface area contributed by atoms with Crippen LogP contribution in [0.1, 0.15) is 31.4 Å². The number of nitrogens with zero attached hydrogens (tertiary/aromatic N) is 1. The highest BCUT2D eigenvalue weighted by Crippen LogP contribution is 2.33. The number of thioether (sulfide) groups is 1. The van der Waals surface area contributed by atoms with Gasteiger partial charge in [-0.2, -0.15) is 0 Å². The molecule has 8 nitrogen and oxygen atoms in total. The first-order valence-electron chi connectivity index (χ1n) is 12.5. The van der Waals surface area contributed by atoms with Gasteiger partial charge in [0.1, 0.15) is 4.90 Å². The summed E-state index contributed by atoms with van der Waals surface area (Å²) in [4.78, 5) is 27.3. The number of nitrogens with two attached hydrogens (primary N) is 1. The molecule has 0 aliphatic carbocycles. The summed E-state index contributed by atoms with van der Waals surface area (Å²) in [6.07, 6.45) is 1.11. The van der Waals surface area contributed by atoms with Crippen LogP contribution in [0, 0.1) is 5.92 Å². The maximum Gasteiger partial charge on any atom is 0.243 e. The molecule has 1 aliphatic heterocycles. The summed E-state index contributed by atoms with van der Waals surface area (Å²) in [6.45, 7) is 2.80. The smallest absolute Gasteiger partial charge is 0.243 e. The molecule has 0 spiro atoms. The number of carbonyl (C=O) groups is 2. The van der Waals surface area contributed by atoms with E-state index >= 15 is 0 Å². The minimum Gasteiger partial charge on any atom is -0.370 e. The van der Waals surface area contributed by atoms with Crippen molar-refractivity contribution in [2.75, 3.05) is 29.1 Å². The lowest BCUT2D eigenvalue weighted by Crippen LogP contribution is -2.39. The molecular formula is C28H32N4O4S2. The first kappa shape index (κ1) is 27.7. The van der Waals surface area contributed by atoms with Gasteiger partial charge in [-0.1, -0.05) is 48.5 Å². The third-order valence-electron chi connectivity index (χ3n) is 6.52. The van der Waals surface area contributed by atoms with E-state index in [-0.39, 0.29) is 28.4 Å². The number of hydrogen-bond donors (Lipinski definition) is 3. The molecule has 1 aliphatic rings. The van der Waals surface area contributed by atoms with E-state index in [9.17, 15) is 18.0 Å². The third-order valence-corrected chi connectivity index (χ3v) is 9.10. The lowest BCUT2D eigenvalue weighted by atomic mass is 9.96. The van der Waals surface area contributed by atoms with Crippen LogP contribution in [-0.2, 0) is 19.6 Å². The number of rotatable bonds is 10. The SMILES string of the molecule is CC(NS(=O)(=O)c1cc(NC(=O)CSc2ccccc2)ccc1N1CCC(C(N)=O)CC1)c1ccccc1. The van der Waals surface area contributed by atoms with Crippen LogP contribution in [-0.4, -0.2) is 39.1 Å². The molecule has 1 unspecified atom stereocenters. The highest BCUT2D eigenvalue weighted by Gasteiger charge is 2.29. The van der Waals surface area contributed by atoms with E-state index in [1.165, 1.54) is 17.8 Å². The Hall–Kier alpha value is -3.34. The van der Waals surface area contributed by atoms with Gasteiger partial charge in [-0.3, -0.25) is 9.59 Å². The maximum atomic E-state index is 13.7. The zero-order chi connectivity index (χ0) is 27.1. The number of nitrogens with one attached hydrogen (secondary N) is 2. The predicted octanol–water partition coefficient (Wildman–Crippen LogP) is 4.16. The number of benzene rings is 3. The normalized spacial score (nSPS) is 15.1. The molecule has 0 aromatic heterocycles. The molecule has 10 heteroatoms. The van der Waals surface area contributed by atoms with Gasteiger partial charge in [-0.15, -0.1) is 11.8 Å². The number of anilines is 2. The Morgan fingerprint density at radius 2 is 1.63 bits per heavy atom. The molecule has 1 saturated heterocycles. The quantitative estimate of drug-likeness (QED) is 0.325. The van der Waals surface area contributed by atoms with Crippen LogP contribution in [0.3, 0.4) is 0 Å². The topological polar surface area (TPSA) is 122 Å². The molecule has 3 aromatic rings. The Labute approximate surface area is 228 Å². The second-order valence-corrected chi connectivity index (χ2v) is 12.0. The molecule has 1 heterocycles. The van der Waals surface area contributed by atoms with Gasteiger partial charge in [0, 0.05) is 35.6 Å². The summed E-state index contributed by atoms with van der Waals surface area (Å²) in [5.74, 6) is -0.592. The number of hydrogen-bond acceptors (Lipinski definition) is 6. The molecular weight excluding hydrogens is 520 g/mol. The van der Waals surface area contributed by atoms with Gasteiger partial charge in [0.25, 0.3) is 0 Å². The average Bonchev–Trinajstić information content (AvgIpc) is 2.93. The molecule has 1 atom stereocenters. The fourth-order valence-corrected chi connectivity index (χ4v) is 6.64. The van der Waals surface area contributed by atoms with Crippen molar-refractivity contribution >= 4 is 45.0 Å². The highest BCUT2D eigenvalue weighted by atomic mass is 32.2. The Kier molecular flexibility index (Phi) is 9.09. The Bertz CT molecular complexity index is 1360. The van der Waals surface area contributed by atoms with Crippen molar-refractivity contribution in [3.05, 3.63) is 84.4 Å². The van der Waals surface area contributed by atoms with Crippen LogP contribution in [0.2, 0.25) is 0 Å². The second-order valence-electron chi connectivity index (χ2n) is 9.25. The zero-order valence-corrected chi connectivity index (χ0v) is 22.8. The van der Waals surface area contributed by atoms with Crippen molar-refractivity contribution in [2.45, 2.75) is 35.6 Å². The van der Waals surface area contributed by atoms with Crippen LogP contribution in [0.15, 0.2) is 88.7 Å². The minimum absolute atomic E-state index is 0.0753. The molecule has 0 radical (unpaired) electrons. The summed E-state index contributed by atoms with van der Waals surface area (Å²) in [6, 6.07) is 23.4. The molecule has 3 aromatic carbocycles. The maximum absolute atomic E-state index is 13.7. The highest BCUT2D eigenvalue weighted by molar-refractivity contribution is 8.00. The fraction of sp³-hybridized carbons (Fsp3) is 0.286. The van der Waals surface area contributed by atoms with Crippen molar-refractivity contribution < 1.29 is 18.0 Å². The zero-order valence-electron chi connectivity index (χ0n) is 21.2. The van der Waals surface area contributed by atoms with Gasteiger partial charge in [0.2, 0.25) is 21.8 Å². The van der Waals surface area contributed by atoms with Gasteiger partial charge < -0.3 is 16.0 Å². The van der Waals surface area contributed by atoms with E-state index in [0.717, 1.165) is 10.5 Å². The van der Waals surface area contributed by atoms with Crippen LogP contribution in [0.5, 0.6) is 0 Å². The van der Waals surface area contributed by atoms with Crippen molar-refractivity contribution in [1.82, 2.24) is 4.72 Å². The lowest BCUT2D eigenvalue weighted by Gasteiger charge is -2.33. The van der Waals surface area contributed by atoms with Crippen LogP contribution >= 0.6 is 11.8 Å². The summed E-state index contributed by atoms with van der Waals surface area (Å²) < 4.78 is 30.1. The number of primary amides is 1. The van der Waals surface area contributed by atoms with Gasteiger partial charge in [0.05, 0.1) is 11.4 Å². The van der Waals surface area contributed by atoms with E-state index in [4.69, 9.17) is 5.73 Å². The fourth-order valence-electron chi connectivity index (χ4n) is 4.44. The van der Waals surface area contributed by atoms with Gasteiger partial charge in [-0.05, 0) is 55.7 Å². The van der Waals surface area contributed by atoms with E-state index in [2.05, 4.69) is 10.0 Å². The number of amides is 2. The lowest BCUT2D eigenvalue weighted by molar-refractivity contribution is -0.122. The molecule has 1 fully saturated rings. The Morgan fingerprint density at radius 1 is 1.00 bits per heavy atom. The Balaban J connectivity index is 1.57. The largest absolute Gasteiger partial charge is 0.370 e. The summed E-state index contributed by atoms with van der Waals surface area (Å²) in [7, 11) is -3.97. The summed E-state index contributed by atoms with van der Waals surface area (Å²) >= 11 is 1.40. The number of piperidine rings is 1. The Morgan fingerprint density at radius 3 is 2.26 bits per heavy atom. The van der Waals surface area contributed by atoms with Crippen LogP contribution in [0.4, 0.5) is 11.4 Å². The first-order chi connectivity index (χ1) is 18.2. The average molecular weight is 553 g/mol. The summed E-state index contributed by atoms with van der Waals surface area (Å²) in [5.41, 5.74) is 7.24. The second kappa shape index (κ2) is 12.5. The van der Waals surface area contributed by atoms with E-state index < -0.39 is 16.1 Å². The minimum atomic E-state index is -3.97. The molecule has 4 N–H and O–H groups in total. The standard InChI is InChI=1S/C28H32N4O4S2/c1-20(21-8-4-2-5-9-21)31-38(35,36)26-18-23(30-27(33)19-37-24-10-6-3-7-11-24)12-13-25(26)32-16-14-22(15-17-32)28(29)34/h2-13,18,20,22,31H,14-17,19H2,1H3,(H2,29,34)(H,30,33). The molecule has 2 amide bonds. The van der Waals surface area contributed by atoms with Gasteiger partial charge in [-0.25, -0.2) is 13.1 Å². The third kappa shape index (κ3) is 7.15. The molecule has 200 valence electrons. The van der Waals surface area contributed by atoms with E-state index in [0.29, 0.717) is 37.3 Å². The monoisotopic (exact) mass is 552 g/mol. The van der Waals surface area contributed by atoms with Crippen LogP contribution < -0.4 is 20.7 Å². The molecule has 0 saturated carbocycles. The molecule has 38 heavy (non-hydrogen) atoms. The number of sulfonamides is 1. The molecule has 0 bridgehead atoms.